The van der Waals surface area contributed by atoms with E-state index in [1.54, 1.807) is 0 Å². The third-order valence-corrected chi connectivity index (χ3v) is 2.00. The van der Waals surface area contributed by atoms with Crippen LogP contribution in [0.1, 0.15) is 26.5 Å². The Kier molecular flexibility index (Phi) is 3.17. The second kappa shape index (κ2) is 3.79. The summed E-state index contributed by atoms with van der Waals surface area (Å²) in [6, 6.07) is 3.97. The molecule has 2 nitrogen and oxygen atoms in total. The van der Waals surface area contributed by atoms with Crippen LogP contribution in [-0.2, 0) is 6.54 Å². The van der Waals surface area contributed by atoms with Crippen molar-refractivity contribution in [3.63, 3.8) is 0 Å². The van der Waals surface area contributed by atoms with E-state index in [9.17, 15) is 0 Å². The van der Waals surface area contributed by atoms with E-state index >= 15 is 0 Å². The summed E-state index contributed by atoms with van der Waals surface area (Å²) in [4.78, 5) is 0. The van der Waals surface area contributed by atoms with Crippen LogP contribution in [0.3, 0.4) is 0 Å². The maximum atomic E-state index is 5.40. The van der Waals surface area contributed by atoms with Crippen LogP contribution in [0.15, 0.2) is 16.5 Å². The third kappa shape index (κ3) is 3.58. The first-order chi connectivity index (χ1) is 5.47. The van der Waals surface area contributed by atoms with Gasteiger partial charge in [-0.15, -0.1) is 0 Å². The molecule has 0 aliphatic carbocycles. The molecule has 3 heteroatoms. The molecule has 68 valence electrons. The monoisotopic (exact) mass is 279 g/mol. The molecule has 0 aliphatic heterocycles. The highest BCUT2D eigenvalue weighted by atomic mass is 127. The molecule has 0 aliphatic rings. The minimum atomic E-state index is 0.151. The Morgan fingerprint density at radius 1 is 1.42 bits per heavy atom. The van der Waals surface area contributed by atoms with Crippen molar-refractivity contribution >= 4 is 22.6 Å². The first-order valence-corrected chi connectivity index (χ1v) is 5.04. The van der Waals surface area contributed by atoms with Crippen molar-refractivity contribution in [2.75, 3.05) is 0 Å². The van der Waals surface area contributed by atoms with Crippen LogP contribution in [-0.4, -0.2) is 5.54 Å². The Morgan fingerprint density at radius 3 is 2.50 bits per heavy atom. The fourth-order valence-corrected chi connectivity index (χ4v) is 1.26. The molecule has 0 amide bonds. The van der Waals surface area contributed by atoms with Gasteiger partial charge in [0.15, 0.2) is 3.77 Å². The topological polar surface area (TPSA) is 25.2 Å². The first kappa shape index (κ1) is 10.1. The average molecular weight is 279 g/mol. The predicted octanol–water partition coefficient (Wildman–Crippen LogP) is 2.77. The molecule has 1 aromatic heterocycles. The van der Waals surface area contributed by atoms with Gasteiger partial charge in [0, 0.05) is 5.54 Å². The molecule has 12 heavy (non-hydrogen) atoms. The lowest BCUT2D eigenvalue weighted by Gasteiger charge is -2.19. The fourth-order valence-electron chi connectivity index (χ4n) is 0.799. The molecular weight excluding hydrogens is 265 g/mol. The molecule has 1 rings (SSSR count). The van der Waals surface area contributed by atoms with Crippen LogP contribution in [0.2, 0.25) is 0 Å². The minimum absolute atomic E-state index is 0.151. The Labute approximate surface area is 86.9 Å². The van der Waals surface area contributed by atoms with Crippen molar-refractivity contribution in [2.24, 2.45) is 0 Å². The van der Waals surface area contributed by atoms with Crippen LogP contribution in [0.4, 0.5) is 0 Å². The zero-order valence-corrected chi connectivity index (χ0v) is 9.81. The Hall–Kier alpha value is -0.0300. The summed E-state index contributed by atoms with van der Waals surface area (Å²) in [5, 5.41) is 3.35. The summed E-state index contributed by atoms with van der Waals surface area (Å²) in [6.07, 6.45) is 0. The SMILES string of the molecule is CC(C)(C)NCc1ccc(I)o1. The van der Waals surface area contributed by atoms with E-state index in [4.69, 9.17) is 4.42 Å². The molecule has 1 N–H and O–H groups in total. The van der Waals surface area contributed by atoms with E-state index < -0.39 is 0 Å². The molecule has 0 spiro atoms. The van der Waals surface area contributed by atoms with Gasteiger partial charge in [-0.25, -0.2) is 0 Å². The van der Waals surface area contributed by atoms with Gasteiger partial charge in [-0.1, -0.05) is 0 Å². The van der Waals surface area contributed by atoms with E-state index in [-0.39, 0.29) is 5.54 Å². The lowest BCUT2D eigenvalue weighted by molar-refractivity contribution is 0.383. The second-order valence-corrected chi connectivity index (χ2v) is 4.87. The Bertz CT molecular complexity index is 249. The van der Waals surface area contributed by atoms with Gasteiger partial charge in [0.1, 0.15) is 5.76 Å². The van der Waals surface area contributed by atoms with Gasteiger partial charge in [-0.3, -0.25) is 0 Å². The molecule has 0 radical (unpaired) electrons. The maximum Gasteiger partial charge on any atom is 0.164 e. The Balaban J connectivity index is 2.44. The number of rotatable bonds is 2. The van der Waals surface area contributed by atoms with E-state index in [0.717, 1.165) is 16.1 Å². The number of hydrogen-bond donors (Lipinski definition) is 1. The van der Waals surface area contributed by atoms with Crippen LogP contribution < -0.4 is 5.32 Å². The highest BCUT2D eigenvalue weighted by Gasteiger charge is 2.09. The molecule has 1 aromatic rings. The van der Waals surface area contributed by atoms with Crippen molar-refractivity contribution in [3.8, 4) is 0 Å². The third-order valence-electron chi connectivity index (χ3n) is 1.42. The van der Waals surface area contributed by atoms with Crippen LogP contribution >= 0.6 is 22.6 Å². The van der Waals surface area contributed by atoms with Gasteiger partial charge in [-0.05, 0) is 55.5 Å². The normalized spacial score (nSPS) is 12.0. The fraction of sp³-hybridized carbons (Fsp3) is 0.556. The quantitative estimate of drug-likeness (QED) is 0.842. The summed E-state index contributed by atoms with van der Waals surface area (Å²) in [5.74, 6) is 0.995. The molecule has 0 unspecified atom stereocenters. The van der Waals surface area contributed by atoms with Crippen molar-refractivity contribution in [1.82, 2.24) is 5.32 Å². The molecule has 0 fully saturated rings. The molecule has 0 saturated heterocycles. The molecule has 0 saturated carbocycles. The van der Waals surface area contributed by atoms with Gasteiger partial charge in [0.25, 0.3) is 0 Å². The highest BCUT2D eigenvalue weighted by Crippen LogP contribution is 2.10. The van der Waals surface area contributed by atoms with Crippen molar-refractivity contribution < 1.29 is 4.42 Å². The largest absolute Gasteiger partial charge is 0.454 e. The smallest absolute Gasteiger partial charge is 0.164 e. The first-order valence-electron chi connectivity index (χ1n) is 3.97. The minimum Gasteiger partial charge on any atom is -0.454 e. The summed E-state index contributed by atoms with van der Waals surface area (Å²) in [7, 11) is 0. The van der Waals surface area contributed by atoms with Gasteiger partial charge in [0.05, 0.1) is 6.54 Å². The lowest BCUT2D eigenvalue weighted by atomic mass is 10.1. The van der Waals surface area contributed by atoms with E-state index in [2.05, 4.69) is 48.7 Å². The predicted molar refractivity (Wildman–Crippen MR) is 58.0 cm³/mol. The summed E-state index contributed by atoms with van der Waals surface area (Å²) in [5.41, 5.74) is 0.151. The van der Waals surface area contributed by atoms with Crippen molar-refractivity contribution in [2.45, 2.75) is 32.9 Å². The molecular formula is C9H14INO. The summed E-state index contributed by atoms with van der Waals surface area (Å²) >= 11 is 2.17. The number of nitrogens with one attached hydrogen (secondary N) is 1. The van der Waals surface area contributed by atoms with Crippen LogP contribution in [0, 0.1) is 3.77 Å². The summed E-state index contributed by atoms with van der Waals surface area (Å²) in [6.45, 7) is 7.22. The molecule has 1 heterocycles. The lowest BCUT2D eigenvalue weighted by Crippen LogP contribution is -2.34. The maximum absolute atomic E-state index is 5.40. The molecule has 0 atom stereocenters. The Morgan fingerprint density at radius 2 is 2.08 bits per heavy atom. The average Bonchev–Trinajstić information content (AvgIpc) is 2.30. The zero-order valence-electron chi connectivity index (χ0n) is 7.65. The number of hydrogen-bond acceptors (Lipinski definition) is 2. The standard InChI is InChI=1S/C9H14INO/c1-9(2,3)11-6-7-4-5-8(10)12-7/h4-5,11H,6H2,1-3H3. The van der Waals surface area contributed by atoms with Crippen molar-refractivity contribution in [1.29, 1.82) is 0 Å². The van der Waals surface area contributed by atoms with Gasteiger partial charge in [-0.2, -0.15) is 0 Å². The van der Waals surface area contributed by atoms with Crippen molar-refractivity contribution in [3.05, 3.63) is 21.7 Å². The second-order valence-electron chi connectivity index (χ2n) is 3.81. The number of furan rings is 1. The summed E-state index contributed by atoms with van der Waals surface area (Å²) < 4.78 is 6.35. The number of halogens is 1. The van der Waals surface area contributed by atoms with Gasteiger partial charge >= 0.3 is 0 Å². The van der Waals surface area contributed by atoms with Gasteiger partial charge < -0.3 is 9.73 Å². The van der Waals surface area contributed by atoms with E-state index in [1.807, 2.05) is 12.1 Å². The molecule has 0 bridgehead atoms. The zero-order chi connectivity index (χ0) is 9.19. The van der Waals surface area contributed by atoms with Gasteiger partial charge in [0.2, 0.25) is 0 Å². The van der Waals surface area contributed by atoms with Crippen LogP contribution in [0.5, 0.6) is 0 Å². The highest BCUT2D eigenvalue weighted by molar-refractivity contribution is 14.1. The molecule has 0 aromatic carbocycles. The van der Waals surface area contributed by atoms with E-state index in [0.29, 0.717) is 0 Å². The van der Waals surface area contributed by atoms with Crippen LogP contribution in [0.25, 0.3) is 0 Å². The van der Waals surface area contributed by atoms with E-state index in [1.165, 1.54) is 0 Å².